The summed E-state index contributed by atoms with van der Waals surface area (Å²) in [4.78, 5) is 0. The molecule has 3 aromatic rings. The second-order valence-corrected chi connectivity index (χ2v) is 4.79. The van der Waals surface area contributed by atoms with Crippen LogP contribution in [0.5, 0.6) is 0 Å². The van der Waals surface area contributed by atoms with Gasteiger partial charge in [-0.15, -0.1) is 0 Å². The first-order valence-electron chi connectivity index (χ1n) is 6.64. The van der Waals surface area contributed by atoms with Gasteiger partial charge in [-0.1, -0.05) is 31.2 Å². The van der Waals surface area contributed by atoms with E-state index < -0.39 is 6.10 Å². The summed E-state index contributed by atoms with van der Waals surface area (Å²) in [5, 5.41) is 11.1. The maximum Gasteiger partial charge on any atom is 0.138 e. The molecule has 0 radical (unpaired) electrons. The second kappa shape index (κ2) is 5.10. The Kier molecular flexibility index (Phi) is 3.28. The van der Waals surface area contributed by atoms with Crippen LogP contribution in [0.3, 0.4) is 0 Å². The Morgan fingerprint density at radius 3 is 2.75 bits per heavy atom. The number of aliphatic hydroxyl groups excluding tert-OH is 1. The lowest BCUT2D eigenvalue weighted by Crippen LogP contribution is -2.01. The van der Waals surface area contributed by atoms with Crippen LogP contribution in [0, 0.1) is 5.82 Å². The molecule has 20 heavy (non-hydrogen) atoms. The summed E-state index contributed by atoms with van der Waals surface area (Å²) in [6.45, 7) is 2.04. The predicted molar refractivity (Wildman–Crippen MR) is 76.1 cm³/mol. The molecule has 1 N–H and O–H groups in total. The number of fused-ring (bicyclic) bond motifs is 1. The number of rotatable bonds is 3. The summed E-state index contributed by atoms with van der Waals surface area (Å²) in [5.74, 6) is 0.125. The summed E-state index contributed by atoms with van der Waals surface area (Å²) in [5.41, 5.74) is 2.48. The summed E-state index contributed by atoms with van der Waals surface area (Å²) < 4.78 is 18.8. The SMILES string of the molecule is CCc1ccccc1C(O)c1cc2cc(F)ccc2o1. The summed E-state index contributed by atoms with van der Waals surface area (Å²) in [6, 6.07) is 13.7. The zero-order valence-electron chi connectivity index (χ0n) is 11.1. The van der Waals surface area contributed by atoms with Crippen LogP contribution < -0.4 is 0 Å². The molecule has 0 aliphatic rings. The molecule has 0 amide bonds. The van der Waals surface area contributed by atoms with Crippen molar-refractivity contribution in [2.75, 3.05) is 0 Å². The quantitative estimate of drug-likeness (QED) is 0.773. The summed E-state index contributed by atoms with van der Waals surface area (Å²) in [6.07, 6.45) is 0.00357. The maximum atomic E-state index is 13.2. The highest BCUT2D eigenvalue weighted by Crippen LogP contribution is 2.30. The topological polar surface area (TPSA) is 33.4 Å². The van der Waals surface area contributed by atoms with Crippen molar-refractivity contribution in [3.8, 4) is 0 Å². The van der Waals surface area contributed by atoms with Gasteiger partial charge < -0.3 is 9.52 Å². The average molecular weight is 270 g/mol. The van der Waals surface area contributed by atoms with Crippen LogP contribution in [-0.2, 0) is 6.42 Å². The summed E-state index contributed by atoms with van der Waals surface area (Å²) >= 11 is 0. The van der Waals surface area contributed by atoms with Gasteiger partial charge in [-0.3, -0.25) is 0 Å². The Hall–Kier alpha value is -2.13. The van der Waals surface area contributed by atoms with E-state index in [1.807, 2.05) is 31.2 Å². The molecule has 0 bridgehead atoms. The van der Waals surface area contributed by atoms with E-state index in [1.165, 1.54) is 12.1 Å². The minimum absolute atomic E-state index is 0.312. The van der Waals surface area contributed by atoms with Gasteiger partial charge in [0.2, 0.25) is 0 Å². The number of furan rings is 1. The van der Waals surface area contributed by atoms with Gasteiger partial charge in [-0.05, 0) is 41.8 Å². The number of aryl methyl sites for hydroxylation is 1. The van der Waals surface area contributed by atoms with E-state index in [2.05, 4.69) is 0 Å². The van der Waals surface area contributed by atoms with Crippen LogP contribution in [0.25, 0.3) is 11.0 Å². The third-order valence-electron chi connectivity index (χ3n) is 3.50. The minimum Gasteiger partial charge on any atom is -0.458 e. The van der Waals surface area contributed by atoms with Gasteiger partial charge >= 0.3 is 0 Å². The molecule has 0 saturated heterocycles. The van der Waals surface area contributed by atoms with Crippen molar-refractivity contribution in [3.63, 3.8) is 0 Å². The smallest absolute Gasteiger partial charge is 0.138 e. The third-order valence-corrected chi connectivity index (χ3v) is 3.50. The second-order valence-electron chi connectivity index (χ2n) is 4.79. The molecule has 0 aliphatic heterocycles. The van der Waals surface area contributed by atoms with Crippen LogP contribution >= 0.6 is 0 Å². The number of benzene rings is 2. The lowest BCUT2D eigenvalue weighted by molar-refractivity contribution is 0.191. The van der Waals surface area contributed by atoms with Gasteiger partial charge in [0.1, 0.15) is 23.3 Å². The van der Waals surface area contributed by atoms with E-state index in [1.54, 1.807) is 12.1 Å². The molecule has 1 unspecified atom stereocenters. The zero-order chi connectivity index (χ0) is 14.1. The molecule has 0 saturated carbocycles. The Morgan fingerprint density at radius 2 is 1.95 bits per heavy atom. The van der Waals surface area contributed by atoms with E-state index in [-0.39, 0.29) is 5.82 Å². The lowest BCUT2D eigenvalue weighted by atomic mass is 9.99. The van der Waals surface area contributed by atoms with E-state index in [0.29, 0.717) is 16.7 Å². The predicted octanol–water partition coefficient (Wildman–Crippen LogP) is 4.22. The molecule has 0 spiro atoms. The van der Waals surface area contributed by atoms with Crippen LogP contribution in [-0.4, -0.2) is 5.11 Å². The highest BCUT2D eigenvalue weighted by Gasteiger charge is 2.18. The monoisotopic (exact) mass is 270 g/mol. The molecule has 0 aliphatic carbocycles. The molecule has 1 aromatic heterocycles. The molecule has 1 atom stereocenters. The molecule has 2 aromatic carbocycles. The van der Waals surface area contributed by atoms with Crippen LogP contribution in [0.1, 0.15) is 29.9 Å². The molecule has 102 valence electrons. The highest BCUT2D eigenvalue weighted by atomic mass is 19.1. The fraction of sp³-hybridized carbons (Fsp3) is 0.176. The molecular formula is C17H15FO2. The van der Waals surface area contributed by atoms with Crippen LogP contribution in [0.4, 0.5) is 4.39 Å². The summed E-state index contributed by atoms with van der Waals surface area (Å²) in [7, 11) is 0. The first-order chi connectivity index (χ1) is 9.69. The minimum atomic E-state index is -0.832. The van der Waals surface area contributed by atoms with Crippen LogP contribution in [0.2, 0.25) is 0 Å². The molecule has 0 fully saturated rings. The first kappa shape index (κ1) is 12.9. The zero-order valence-corrected chi connectivity index (χ0v) is 11.1. The van der Waals surface area contributed by atoms with Crippen molar-refractivity contribution in [2.24, 2.45) is 0 Å². The maximum absolute atomic E-state index is 13.2. The molecule has 3 rings (SSSR count). The van der Waals surface area contributed by atoms with E-state index >= 15 is 0 Å². The van der Waals surface area contributed by atoms with Crippen molar-refractivity contribution in [3.05, 3.63) is 71.2 Å². The van der Waals surface area contributed by atoms with E-state index in [0.717, 1.165) is 17.5 Å². The van der Waals surface area contributed by atoms with Crippen molar-refractivity contribution < 1.29 is 13.9 Å². The van der Waals surface area contributed by atoms with Crippen molar-refractivity contribution in [2.45, 2.75) is 19.4 Å². The molecule has 2 nitrogen and oxygen atoms in total. The Balaban J connectivity index is 2.05. The van der Waals surface area contributed by atoms with Gasteiger partial charge in [0.05, 0.1) is 0 Å². The standard InChI is InChI=1S/C17H15FO2/c1-2-11-5-3-4-6-14(11)17(19)16-10-12-9-13(18)7-8-15(12)20-16/h3-10,17,19H,2H2,1H3. The number of hydrogen-bond donors (Lipinski definition) is 1. The number of hydrogen-bond acceptors (Lipinski definition) is 2. The number of halogens is 1. The van der Waals surface area contributed by atoms with Crippen molar-refractivity contribution in [1.29, 1.82) is 0 Å². The van der Waals surface area contributed by atoms with Gasteiger partial charge in [0.15, 0.2) is 0 Å². The van der Waals surface area contributed by atoms with Gasteiger partial charge in [-0.25, -0.2) is 4.39 Å². The van der Waals surface area contributed by atoms with Gasteiger partial charge in [0.25, 0.3) is 0 Å². The normalized spacial score (nSPS) is 12.8. The van der Waals surface area contributed by atoms with Crippen LogP contribution in [0.15, 0.2) is 52.9 Å². The van der Waals surface area contributed by atoms with E-state index in [9.17, 15) is 9.50 Å². The van der Waals surface area contributed by atoms with Gasteiger partial charge in [0, 0.05) is 5.39 Å². The fourth-order valence-corrected chi connectivity index (χ4v) is 2.45. The molecule has 3 heteroatoms. The lowest BCUT2D eigenvalue weighted by Gasteiger charge is -2.12. The fourth-order valence-electron chi connectivity index (χ4n) is 2.45. The largest absolute Gasteiger partial charge is 0.458 e. The Morgan fingerprint density at radius 1 is 1.15 bits per heavy atom. The molecular weight excluding hydrogens is 255 g/mol. The van der Waals surface area contributed by atoms with Gasteiger partial charge in [-0.2, -0.15) is 0 Å². The Labute approximate surface area is 116 Å². The van der Waals surface area contributed by atoms with Crippen molar-refractivity contribution >= 4 is 11.0 Å². The van der Waals surface area contributed by atoms with Crippen molar-refractivity contribution in [1.82, 2.24) is 0 Å². The van der Waals surface area contributed by atoms with E-state index in [4.69, 9.17) is 4.42 Å². The number of aliphatic hydroxyl groups is 1. The average Bonchev–Trinajstić information content (AvgIpc) is 2.89. The molecule has 1 heterocycles. The third kappa shape index (κ3) is 2.21. The Bertz CT molecular complexity index is 746. The first-order valence-corrected chi connectivity index (χ1v) is 6.64. The highest BCUT2D eigenvalue weighted by molar-refractivity contribution is 5.78.